The summed E-state index contributed by atoms with van der Waals surface area (Å²) < 4.78 is 6.30. The number of pyridine rings is 1. The number of hydrogen-bond acceptors (Lipinski definition) is 5. The van der Waals surface area contributed by atoms with Gasteiger partial charge in [-0.3, -0.25) is 14.4 Å². The number of carboxylic acid groups (broad SMARTS) is 1. The Hall–Kier alpha value is -2.90. The Labute approximate surface area is 243 Å². The minimum atomic E-state index is -0.780. The molecule has 0 spiro atoms. The zero-order valence-corrected chi connectivity index (χ0v) is 25.7. The second-order valence-corrected chi connectivity index (χ2v) is 14.7. The Kier molecular flexibility index (Phi) is 7.75. The van der Waals surface area contributed by atoms with Crippen LogP contribution in [0.1, 0.15) is 127 Å². The Balaban J connectivity index is 1.33. The first kappa shape index (κ1) is 29.6. The molecule has 0 bridgehead atoms. The van der Waals surface area contributed by atoms with Gasteiger partial charge in [-0.2, -0.15) is 0 Å². The molecule has 3 heterocycles. The van der Waals surface area contributed by atoms with Crippen molar-refractivity contribution in [2.24, 2.45) is 11.3 Å². The van der Waals surface area contributed by atoms with Gasteiger partial charge in [0.15, 0.2) is 11.3 Å². The lowest BCUT2D eigenvalue weighted by atomic mass is 9.71. The number of rotatable bonds is 4. The van der Waals surface area contributed by atoms with Crippen LogP contribution in [0.2, 0.25) is 0 Å². The average Bonchev–Trinajstić information content (AvgIpc) is 3.36. The van der Waals surface area contributed by atoms with Gasteiger partial charge in [0.2, 0.25) is 5.91 Å². The summed E-state index contributed by atoms with van der Waals surface area (Å²) in [5.41, 5.74) is 2.16. The minimum absolute atomic E-state index is 0.0793. The highest BCUT2D eigenvalue weighted by molar-refractivity contribution is 5.96. The van der Waals surface area contributed by atoms with Crippen LogP contribution in [0.15, 0.2) is 16.5 Å². The maximum absolute atomic E-state index is 13.9. The fourth-order valence-corrected chi connectivity index (χ4v) is 7.14. The van der Waals surface area contributed by atoms with Crippen LogP contribution in [-0.2, 0) is 15.0 Å². The molecule has 41 heavy (non-hydrogen) atoms. The fraction of sp³-hybridized carbons (Fsp3) is 0.697. The van der Waals surface area contributed by atoms with Gasteiger partial charge in [0.1, 0.15) is 5.52 Å². The van der Waals surface area contributed by atoms with E-state index in [0.717, 1.165) is 29.6 Å². The summed E-state index contributed by atoms with van der Waals surface area (Å²) in [7, 11) is 0. The van der Waals surface area contributed by atoms with E-state index in [1.54, 1.807) is 6.92 Å². The average molecular weight is 566 g/mol. The third-order valence-electron chi connectivity index (χ3n) is 9.95. The molecule has 0 unspecified atom stereocenters. The Bertz CT molecular complexity index is 1320. The number of piperazine rings is 1. The summed E-state index contributed by atoms with van der Waals surface area (Å²) in [6, 6.07) is 4.02. The number of fused-ring (bicyclic) bond motifs is 1. The van der Waals surface area contributed by atoms with Gasteiger partial charge in [-0.25, -0.2) is 4.98 Å². The van der Waals surface area contributed by atoms with Crippen LogP contribution < -0.4 is 0 Å². The summed E-state index contributed by atoms with van der Waals surface area (Å²) in [5, 5.41) is 9.54. The van der Waals surface area contributed by atoms with Gasteiger partial charge in [-0.15, -0.1) is 0 Å². The number of carbonyl (C=O) groups excluding carboxylic acids is 2. The predicted molar refractivity (Wildman–Crippen MR) is 158 cm³/mol. The molecule has 5 rings (SSSR count). The normalized spacial score (nSPS) is 25.9. The minimum Gasteiger partial charge on any atom is -0.481 e. The lowest BCUT2D eigenvalue weighted by Gasteiger charge is -2.48. The first-order valence-corrected chi connectivity index (χ1v) is 15.5. The maximum atomic E-state index is 13.9. The molecule has 2 amide bonds. The monoisotopic (exact) mass is 565 g/mol. The van der Waals surface area contributed by atoms with Gasteiger partial charge in [0.05, 0.1) is 11.0 Å². The number of nitrogens with zero attached hydrogens (tertiary/aromatic N) is 3. The van der Waals surface area contributed by atoms with Crippen LogP contribution in [0, 0.1) is 11.3 Å². The fourth-order valence-electron chi connectivity index (χ4n) is 7.14. The van der Waals surface area contributed by atoms with Crippen LogP contribution in [0.25, 0.3) is 11.1 Å². The van der Waals surface area contributed by atoms with Crippen LogP contribution in [0.3, 0.4) is 0 Å². The second kappa shape index (κ2) is 10.7. The van der Waals surface area contributed by atoms with Crippen molar-refractivity contribution >= 4 is 28.9 Å². The molecule has 2 saturated carbocycles. The van der Waals surface area contributed by atoms with Crippen molar-refractivity contribution < 1.29 is 23.9 Å². The van der Waals surface area contributed by atoms with Gasteiger partial charge < -0.3 is 19.3 Å². The van der Waals surface area contributed by atoms with E-state index < -0.39 is 16.9 Å². The molecule has 3 aliphatic rings. The zero-order chi connectivity index (χ0) is 29.7. The van der Waals surface area contributed by atoms with Gasteiger partial charge in [-0.05, 0) is 70.8 Å². The first-order chi connectivity index (χ1) is 19.2. The highest BCUT2D eigenvalue weighted by Gasteiger charge is 2.44. The Morgan fingerprint density at radius 1 is 0.976 bits per heavy atom. The molecule has 1 aliphatic heterocycles. The number of aliphatic carboxylic acids is 1. The third kappa shape index (κ3) is 5.76. The highest BCUT2D eigenvalue weighted by Crippen LogP contribution is 2.41. The summed E-state index contributed by atoms with van der Waals surface area (Å²) in [5.74, 6) is -0.278. The van der Waals surface area contributed by atoms with E-state index in [9.17, 15) is 19.5 Å². The van der Waals surface area contributed by atoms with Gasteiger partial charge in [-0.1, -0.05) is 40.0 Å². The molecule has 224 valence electrons. The molecular weight excluding hydrogens is 518 g/mol. The van der Waals surface area contributed by atoms with Crippen molar-refractivity contribution in [1.29, 1.82) is 0 Å². The largest absolute Gasteiger partial charge is 0.481 e. The number of amides is 2. The van der Waals surface area contributed by atoms with Crippen LogP contribution in [-0.4, -0.2) is 62.8 Å². The summed E-state index contributed by atoms with van der Waals surface area (Å²) >= 11 is 0. The van der Waals surface area contributed by atoms with Crippen molar-refractivity contribution in [1.82, 2.24) is 14.8 Å². The van der Waals surface area contributed by atoms with Crippen molar-refractivity contribution in [3.63, 3.8) is 0 Å². The van der Waals surface area contributed by atoms with E-state index in [-0.39, 0.29) is 23.1 Å². The zero-order valence-electron chi connectivity index (χ0n) is 25.7. The highest BCUT2D eigenvalue weighted by atomic mass is 16.4. The number of furan rings is 1. The standard InChI is InChI=1S/C33H47N3O5/c1-31(2,3)23-18-24(21-10-8-7-9-11-21)34-25-19-26(41-27(23)25)29(38)36-17-16-35(20-32(36,4)5)28(37)22-12-14-33(6,15-13-22)30(39)40/h18-19,21-22H,7-17,20H2,1-6H3,(H,39,40). The van der Waals surface area contributed by atoms with Crippen LogP contribution in [0.5, 0.6) is 0 Å². The lowest BCUT2D eigenvalue weighted by molar-refractivity contribution is -0.153. The maximum Gasteiger partial charge on any atom is 0.309 e. The molecule has 1 N–H and O–H groups in total. The van der Waals surface area contributed by atoms with E-state index in [4.69, 9.17) is 9.40 Å². The van der Waals surface area contributed by atoms with Crippen LogP contribution in [0.4, 0.5) is 0 Å². The lowest BCUT2D eigenvalue weighted by Crippen LogP contribution is -2.62. The van der Waals surface area contributed by atoms with Crippen molar-refractivity contribution in [2.75, 3.05) is 19.6 Å². The number of carboxylic acids is 1. The van der Waals surface area contributed by atoms with E-state index >= 15 is 0 Å². The first-order valence-electron chi connectivity index (χ1n) is 15.5. The second-order valence-electron chi connectivity index (χ2n) is 14.7. The smallest absolute Gasteiger partial charge is 0.309 e. The van der Waals surface area contributed by atoms with E-state index in [1.807, 2.05) is 29.7 Å². The summed E-state index contributed by atoms with van der Waals surface area (Å²) in [6.45, 7) is 13.6. The molecule has 2 aromatic rings. The quantitative estimate of drug-likeness (QED) is 0.453. The summed E-state index contributed by atoms with van der Waals surface area (Å²) in [6.07, 6.45) is 8.27. The van der Waals surface area contributed by atoms with Crippen molar-refractivity contribution in [3.8, 4) is 0 Å². The van der Waals surface area contributed by atoms with Crippen LogP contribution >= 0.6 is 0 Å². The number of hydrogen-bond donors (Lipinski definition) is 1. The molecule has 8 heteroatoms. The molecule has 3 fully saturated rings. The number of aromatic nitrogens is 1. The molecule has 2 aromatic heterocycles. The SMILES string of the molecule is CC1(C(=O)O)CCC(C(=O)N2CCN(C(=O)c3cc4nc(C5CCCCC5)cc(C(C)(C)C)c4o3)C(C)(C)C2)CC1. The summed E-state index contributed by atoms with van der Waals surface area (Å²) in [4.78, 5) is 47.7. The van der Waals surface area contributed by atoms with E-state index in [0.29, 0.717) is 62.6 Å². The molecule has 1 saturated heterocycles. The molecule has 0 aromatic carbocycles. The van der Waals surface area contributed by atoms with E-state index in [1.165, 1.54) is 19.3 Å². The van der Waals surface area contributed by atoms with Crippen molar-refractivity contribution in [2.45, 2.75) is 116 Å². The Morgan fingerprint density at radius 3 is 2.22 bits per heavy atom. The molecule has 2 aliphatic carbocycles. The molecule has 8 nitrogen and oxygen atoms in total. The third-order valence-corrected chi connectivity index (χ3v) is 9.95. The number of carbonyl (C=O) groups is 3. The van der Waals surface area contributed by atoms with Gasteiger partial charge >= 0.3 is 5.97 Å². The van der Waals surface area contributed by atoms with Gasteiger partial charge in [0, 0.05) is 48.8 Å². The molecular formula is C33H47N3O5. The molecule has 0 atom stereocenters. The van der Waals surface area contributed by atoms with E-state index in [2.05, 4.69) is 26.8 Å². The Morgan fingerprint density at radius 2 is 1.63 bits per heavy atom. The molecule has 0 radical (unpaired) electrons. The van der Waals surface area contributed by atoms with Crippen molar-refractivity contribution in [3.05, 3.63) is 29.2 Å². The van der Waals surface area contributed by atoms with Gasteiger partial charge in [0.25, 0.3) is 5.91 Å². The topological polar surface area (TPSA) is 104 Å². The predicted octanol–water partition coefficient (Wildman–Crippen LogP) is 6.52.